The first-order valence-corrected chi connectivity index (χ1v) is 7.61. The molecule has 0 aliphatic carbocycles. The molecule has 0 saturated carbocycles. The lowest BCUT2D eigenvalue weighted by Gasteiger charge is -2.13. The number of carbonyl (C=O) groups excluding carboxylic acids is 1. The molecule has 1 atom stereocenters. The molecule has 1 fully saturated rings. The third-order valence-corrected chi connectivity index (χ3v) is 3.70. The van der Waals surface area contributed by atoms with E-state index in [0.717, 1.165) is 25.9 Å². The number of benzene rings is 1. The fourth-order valence-corrected chi connectivity index (χ4v) is 2.47. The molecule has 0 bridgehead atoms. The minimum atomic E-state index is -0.408. The number of carbonyl (C=O) groups is 1. The summed E-state index contributed by atoms with van der Waals surface area (Å²) in [5, 5.41) is 6.01. The zero-order valence-corrected chi connectivity index (χ0v) is 12.9. The molecule has 2 N–H and O–H groups in total. The Kier molecular flexibility index (Phi) is 6.61. The van der Waals surface area contributed by atoms with E-state index in [1.54, 1.807) is 7.11 Å². The molecule has 22 heavy (non-hydrogen) atoms. The molecule has 1 aromatic rings. The van der Waals surface area contributed by atoms with Gasteiger partial charge < -0.3 is 20.1 Å². The summed E-state index contributed by atoms with van der Waals surface area (Å²) in [6, 6.07) is 4.10. The van der Waals surface area contributed by atoms with Gasteiger partial charge in [0.05, 0.1) is 12.3 Å². The highest BCUT2D eigenvalue weighted by Gasteiger charge is 2.16. The third-order valence-electron chi connectivity index (χ3n) is 3.70. The van der Waals surface area contributed by atoms with Crippen molar-refractivity contribution in [2.24, 2.45) is 5.92 Å². The van der Waals surface area contributed by atoms with Crippen molar-refractivity contribution in [3.8, 4) is 5.75 Å². The number of methoxy groups -OCH3 is 1. The van der Waals surface area contributed by atoms with Crippen LogP contribution in [0.1, 0.15) is 19.3 Å². The van der Waals surface area contributed by atoms with Crippen LogP contribution in [0.4, 0.5) is 10.1 Å². The van der Waals surface area contributed by atoms with Crippen LogP contribution < -0.4 is 15.4 Å². The van der Waals surface area contributed by atoms with Crippen molar-refractivity contribution < 1.29 is 18.7 Å². The highest BCUT2D eigenvalue weighted by Crippen LogP contribution is 2.26. The molecule has 1 aromatic carbocycles. The van der Waals surface area contributed by atoms with E-state index < -0.39 is 5.82 Å². The van der Waals surface area contributed by atoms with Gasteiger partial charge in [0.25, 0.3) is 0 Å². The third kappa shape index (κ3) is 5.27. The van der Waals surface area contributed by atoms with Crippen LogP contribution in [0.2, 0.25) is 0 Å². The lowest BCUT2D eigenvalue weighted by atomic mass is 10.0. The van der Waals surface area contributed by atoms with Crippen molar-refractivity contribution in [1.82, 2.24) is 5.32 Å². The number of amides is 1. The topological polar surface area (TPSA) is 59.6 Å². The van der Waals surface area contributed by atoms with Gasteiger partial charge in [-0.3, -0.25) is 4.79 Å². The first kappa shape index (κ1) is 16.7. The van der Waals surface area contributed by atoms with Gasteiger partial charge in [0, 0.05) is 19.6 Å². The number of halogens is 1. The molecule has 0 spiro atoms. The maximum Gasteiger partial charge on any atom is 0.224 e. The smallest absolute Gasteiger partial charge is 0.224 e. The Hall–Kier alpha value is -1.66. The fraction of sp³-hybridized carbons (Fsp3) is 0.562. The normalized spacial score (nSPS) is 17.5. The van der Waals surface area contributed by atoms with Crippen LogP contribution in [0, 0.1) is 11.7 Å². The molecule has 0 radical (unpaired) electrons. The predicted molar refractivity (Wildman–Crippen MR) is 82.6 cm³/mol. The van der Waals surface area contributed by atoms with E-state index in [1.807, 2.05) is 0 Å². The minimum absolute atomic E-state index is 0.117. The second-order valence-electron chi connectivity index (χ2n) is 5.43. The van der Waals surface area contributed by atoms with Crippen molar-refractivity contribution in [2.45, 2.75) is 19.3 Å². The summed E-state index contributed by atoms with van der Waals surface area (Å²) in [6.45, 7) is 2.77. The number of ether oxygens (including phenoxy) is 2. The molecule has 1 aliphatic heterocycles. The number of rotatable bonds is 8. The maximum atomic E-state index is 13.4. The molecule has 5 nitrogen and oxygen atoms in total. The second kappa shape index (κ2) is 8.70. The van der Waals surface area contributed by atoms with Crippen molar-refractivity contribution in [3.05, 3.63) is 24.0 Å². The number of nitrogens with one attached hydrogen (secondary N) is 2. The van der Waals surface area contributed by atoms with Gasteiger partial charge in [-0.05, 0) is 44.0 Å². The molecule has 1 amide bonds. The second-order valence-corrected chi connectivity index (χ2v) is 5.43. The van der Waals surface area contributed by atoms with Crippen molar-refractivity contribution >= 4 is 11.6 Å². The number of hydrogen-bond donors (Lipinski definition) is 2. The first-order chi connectivity index (χ1) is 10.7. The van der Waals surface area contributed by atoms with E-state index in [4.69, 9.17) is 9.47 Å². The zero-order chi connectivity index (χ0) is 15.8. The number of hydrogen-bond acceptors (Lipinski definition) is 4. The Bertz CT molecular complexity index is 490. The quantitative estimate of drug-likeness (QED) is 0.723. The number of anilines is 1. The summed E-state index contributed by atoms with van der Waals surface area (Å²) in [7, 11) is 1.58. The molecule has 1 heterocycles. The van der Waals surface area contributed by atoms with Gasteiger partial charge in [-0.25, -0.2) is 4.39 Å². The van der Waals surface area contributed by atoms with E-state index in [-0.39, 0.29) is 5.91 Å². The average Bonchev–Trinajstić information content (AvgIpc) is 3.01. The SMILES string of the molecule is COCCOc1ccc(F)cc1NC(=O)CCC1CCNC1. The van der Waals surface area contributed by atoms with E-state index in [9.17, 15) is 9.18 Å². The van der Waals surface area contributed by atoms with Crippen LogP contribution in [0.3, 0.4) is 0 Å². The van der Waals surface area contributed by atoms with Crippen molar-refractivity contribution in [3.63, 3.8) is 0 Å². The van der Waals surface area contributed by atoms with Crippen LogP contribution in [0.15, 0.2) is 18.2 Å². The van der Waals surface area contributed by atoms with Crippen LogP contribution in [-0.4, -0.2) is 39.3 Å². The standard InChI is InChI=1S/C16H23FN2O3/c1-21-8-9-22-15-4-3-13(17)10-14(15)19-16(20)5-2-12-6-7-18-11-12/h3-4,10,12,18H,2,5-9,11H2,1H3,(H,19,20). The molecule has 122 valence electrons. The molecule has 6 heteroatoms. The molecule has 1 saturated heterocycles. The monoisotopic (exact) mass is 310 g/mol. The van der Waals surface area contributed by atoms with Crippen molar-refractivity contribution in [2.75, 3.05) is 38.7 Å². The van der Waals surface area contributed by atoms with E-state index in [1.165, 1.54) is 18.2 Å². The van der Waals surface area contributed by atoms with Gasteiger partial charge >= 0.3 is 0 Å². The lowest BCUT2D eigenvalue weighted by molar-refractivity contribution is -0.116. The van der Waals surface area contributed by atoms with Gasteiger partial charge in [-0.1, -0.05) is 0 Å². The summed E-state index contributed by atoms with van der Waals surface area (Å²) in [4.78, 5) is 12.0. The molecular weight excluding hydrogens is 287 g/mol. The van der Waals surface area contributed by atoms with Crippen LogP contribution in [0.5, 0.6) is 5.75 Å². The Labute approximate surface area is 130 Å². The molecular formula is C16H23FN2O3. The predicted octanol–water partition coefficient (Wildman–Crippen LogP) is 2.18. The fourth-order valence-electron chi connectivity index (χ4n) is 2.47. The highest BCUT2D eigenvalue weighted by atomic mass is 19.1. The largest absolute Gasteiger partial charge is 0.489 e. The van der Waals surface area contributed by atoms with Gasteiger partial charge in [0.2, 0.25) is 5.91 Å². The van der Waals surface area contributed by atoms with Crippen LogP contribution in [-0.2, 0) is 9.53 Å². The van der Waals surface area contributed by atoms with Crippen molar-refractivity contribution in [1.29, 1.82) is 0 Å². The molecule has 1 unspecified atom stereocenters. The Morgan fingerprint density at radius 2 is 2.32 bits per heavy atom. The lowest BCUT2D eigenvalue weighted by Crippen LogP contribution is -2.16. The van der Waals surface area contributed by atoms with Gasteiger partial charge in [-0.2, -0.15) is 0 Å². The van der Waals surface area contributed by atoms with E-state index in [0.29, 0.717) is 37.0 Å². The minimum Gasteiger partial charge on any atom is -0.489 e. The van der Waals surface area contributed by atoms with Crippen LogP contribution in [0.25, 0.3) is 0 Å². The summed E-state index contributed by atoms with van der Waals surface area (Å²) >= 11 is 0. The summed E-state index contributed by atoms with van der Waals surface area (Å²) < 4.78 is 23.8. The Balaban J connectivity index is 1.88. The molecule has 0 aromatic heterocycles. The van der Waals surface area contributed by atoms with Gasteiger partial charge in [0.1, 0.15) is 18.2 Å². The van der Waals surface area contributed by atoms with E-state index in [2.05, 4.69) is 10.6 Å². The van der Waals surface area contributed by atoms with E-state index >= 15 is 0 Å². The zero-order valence-electron chi connectivity index (χ0n) is 12.9. The Morgan fingerprint density at radius 3 is 3.05 bits per heavy atom. The average molecular weight is 310 g/mol. The molecule has 2 rings (SSSR count). The first-order valence-electron chi connectivity index (χ1n) is 7.61. The molecule has 1 aliphatic rings. The Morgan fingerprint density at radius 1 is 1.45 bits per heavy atom. The maximum absolute atomic E-state index is 13.4. The summed E-state index contributed by atoms with van der Waals surface area (Å²) in [6.07, 6.45) is 2.38. The summed E-state index contributed by atoms with van der Waals surface area (Å²) in [5.74, 6) is 0.480. The highest BCUT2D eigenvalue weighted by molar-refractivity contribution is 5.92. The van der Waals surface area contributed by atoms with Crippen LogP contribution >= 0.6 is 0 Å². The van der Waals surface area contributed by atoms with Gasteiger partial charge in [0.15, 0.2) is 0 Å². The summed E-state index contributed by atoms with van der Waals surface area (Å²) in [5.41, 5.74) is 0.366. The van der Waals surface area contributed by atoms with Gasteiger partial charge in [-0.15, -0.1) is 0 Å².